The van der Waals surface area contributed by atoms with Crippen molar-refractivity contribution in [1.29, 1.82) is 0 Å². The Labute approximate surface area is 146 Å². The highest BCUT2D eigenvalue weighted by Crippen LogP contribution is 2.29. The lowest BCUT2D eigenvalue weighted by Gasteiger charge is -2.45. The molecule has 1 fully saturated rings. The second-order valence-electron chi connectivity index (χ2n) is 7.02. The number of quaternary nitrogens is 1. The zero-order chi connectivity index (χ0) is 17.7. The van der Waals surface area contributed by atoms with Gasteiger partial charge in [-0.3, -0.25) is 4.79 Å². The third kappa shape index (κ3) is 3.62. The molecule has 1 unspecified atom stereocenters. The van der Waals surface area contributed by atoms with Crippen LogP contribution in [0.4, 0.5) is 11.4 Å². The molecule has 24 heavy (non-hydrogen) atoms. The van der Waals surface area contributed by atoms with Crippen LogP contribution in [0.2, 0.25) is 0 Å². The summed E-state index contributed by atoms with van der Waals surface area (Å²) in [6.45, 7) is 18.7. The SMILES string of the molecule is [C-]#[N+]c1cc(C)c(NC(=O)C(CC)[N+]2(CC)CCCCC2)c(C)c1. The van der Waals surface area contributed by atoms with Crippen LogP contribution in [0.1, 0.15) is 50.7 Å². The first-order valence-electron chi connectivity index (χ1n) is 9.12. The number of aryl methyl sites for hydroxylation is 2. The summed E-state index contributed by atoms with van der Waals surface area (Å²) in [5.41, 5.74) is 3.43. The van der Waals surface area contributed by atoms with Gasteiger partial charge in [-0.05, 0) is 51.2 Å². The number of carbonyl (C=O) groups excluding carboxylic acids is 1. The standard InChI is InChI=1S/C20H29N3O/c1-6-18(23(7-2)11-9-8-10-12-23)20(24)22-19-15(3)13-17(21-5)14-16(19)4/h13-14,18H,6-12H2,1-4H3/p+1. The van der Waals surface area contributed by atoms with Gasteiger partial charge in [0.25, 0.3) is 5.91 Å². The van der Waals surface area contributed by atoms with Gasteiger partial charge in [0.15, 0.2) is 11.7 Å². The van der Waals surface area contributed by atoms with Crippen LogP contribution in [0.3, 0.4) is 0 Å². The third-order valence-corrected chi connectivity index (χ3v) is 5.58. The fraction of sp³-hybridized carbons (Fsp3) is 0.600. The normalized spacial score (nSPS) is 17.8. The summed E-state index contributed by atoms with van der Waals surface area (Å²) < 4.78 is 0.917. The maximum absolute atomic E-state index is 13.1. The minimum absolute atomic E-state index is 0.00893. The van der Waals surface area contributed by atoms with Crippen LogP contribution in [0.15, 0.2) is 12.1 Å². The Morgan fingerprint density at radius 3 is 2.25 bits per heavy atom. The van der Waals surface area contributed by atoms with Crippen LogP contribution in [-0.2, 0) is 4.79 Å². The Hall–Kier alpha value is -1.86. The predicted molar refractivity (Wildman–Crippen MR) is 99.3 cm³/mol. The molecule has 1 amide bonds. The van der Waals surface area contributed by atoms with E-state index in [0.717, 1.165) is 47.4 Å². The molecule has 1 saturated heterocycles. The number of nitrogens with zero attached hydrogens (tertiary/aromatic N) is 2. The van der Waals surface area contributed by atoms with E-state index < -0.39 is 0 Å². The maximum atomic E-state index is 13.1. The lowest BCUT2D eigenvalue weighted by atomic mass is 10.00. The van der Waals surface area contributed by atoms with E-state index in [1.54, 1.807) is 0 Å². The fourth-order valence-corrected chi connectivity index (χ4v) is 4.22. The molecule has 4 heteroatoms. The topological polar surface area (TPSA) is 33.5 Å². The van der Waals surface area contributed by atoms with Crippen molar-refractivity contribution in [2.24, 2.45) is 0 Å². The second-order valence-corrected chi connectivity index (χ2v) is 7.02. The number of hydrogen-bond donors (Lipinski definition) is 1. The summed E-state index contributed by atoms with van der Waals surface area (Å²) in [5.74, 6) is 0.128. The van der Waals surface area contributed by atoms with E-state index in [1.165, 1.54) is 19.3 Å². The number of likely N-dealkylation sites (tertiary alicyclic amines) is 1. The first kappa shape index (κ1) is 18.5. The van der Waals surface area contributed by atoms with Crippen molar-refractivity contribution < 1.29 is 9.28 Å². The Morgan fingerprint density at radius 1 is 1.21 bits per heavy atom. The third-order valence-electron chi connectivity index (χ3n) is 5.58. The summed E-state index contributed by atoms with van der Waals surface area (Å²) in [4.78, 5) is 16.6. The van der Waals surface area contributed by atoms with Crippen molar-refractivity contribution in [3.63, 3.8) is 0 Å². The van der Waals surface area contributed by atoms with Crippen LogP contribution in [0.25, 0.3) is 4.85 Å². The van der Waals surface area contributed by atoms with Crippen molar-refractivity contribution in [2.45, 2.75) is 59.4 Å². The van der Waals surface area contributed by atoms with Gasteiger partial charge in [0.2, 0.25) is 0 Å². The van der Waals surface area contributed by atoms with Gasteiger partial charge in [0.1, 0.15) is 0 Å². The average molecular weight is 328 g/mol. The van der Waals surface area contributed by atoms with Crippen LogP contribution >= 0.6 is 0 Å². The average Bonchev–Trinajstić information content (AvgIpc) is 2.59. The number of nitrogens with one attached hydrogen (secondary N) is 1. The zero-order valence-electron chi connectivity index (χ0n) is 15.5. The number of rotatable bonds is 5. The Kier molecular flexibility index (Phi) is 6.01. The lowest BCUT2D eigenvalue weighted by Crippen LogP contribution is -2.61. The first-order chi connectivity index (χ1) is 11.5. The summed E-state index contributed by atoms with van der Waals surface area (Å²) in [7, 11) is 0. The molecule has 0 saturated carbocycles. The zero-order valence-corrected chi connectivity index (χ0v) is 15.5. The molecule has 0 aromatic heterocycles. The van der Waals surface area contributed by atoms with Gasteiger partial charge in [-0.25, -0.2) is 4.85 Å². The first-order valence-corrected chi connectivity index (χ1v) is 9.12. The molecule has 2 rings (SSSR count). The molecule has 1 atom stereocenters. The van der Waals surface area contributed by atoms with Crippen molar-refractivity contribution >= 4 is 17.3 Å². The number of anilines is 1. The molecule has 1 aromatic carbocycles. The molecule has 4 nitrogen and oxygen atoms in total. The van der Waals surface area contributed by atoms with Crippen molar-refractivity contribution in [1.82, 2.24) is 0 Å². The number of amides is 1. The number of benzene rings is 1. The van der Waals surface area contributed by atoms with Gasteiger partial charge in [-0.15, -0.1) is 0 Å². The van der Waals surface area contributed by atoms with Gasteiger partial charge >= 0.3 is 0 Å². The Bertz CT molecular complexity index is 616. The number of piperidine rings is 1. The van der Waals surface area contributed by atoms with Crippen LogP contribution in [0.5, 0.6) is 0 Å². The molecule has 1 aliphatic heterocycles. The molecule has 0 aliphatic carbocycles. The van der Waals surface area contributed by atoms with E-state index in [-0.39, 0.29) is 11.9 Å². The van der Waals surface area contributed by atoms with E-state index in [4.69, 9.17) is 6.57 Å². The molecule has 130 valence electrons. The highest BCUT2D eigenvalue weighted by molar-refractivity contribution is 5.95. The molecule has 0 spiro atoms. The van der Waals surface area contributed by atoms with Gasteiger partial charge in [0.05, 0.1) is 26.2 Å². The van der Waals surface area contributed by atoms with Crippen molar-refractivity contribution in [3.8, 4) is 0 Å². The largest absolute Gasteiger partial charge is 0.321 e. The maximum Gasteiger partial charge on any atom is 0.282 e. The highest BCUT2D eigenvalue weighted by Gasteiger charge is 2.40. The summed E-state index contributed by atoms with van der Waals surface area (Å²) in [5, 5.41) is 3.18. The molecule has 0 radical (unpaired) electrons. The van der Waals surface area contributed by atoms with E-state index in [1.807, 2.05) is 26.0 Å². The van der Waals surface area contributed by atoms with Gasteiger partial charge in [-0.1, -0.05) is 19.1 Å². The quantitative estimate of drug-likeness (QED) is 0.622. The highest BCUT2D eigenvalue weighted by atomic mass is 16.2. The minimum atomic E-state index is 0.00893. The smallest absolute Gasteiger partial charge is 0.282 e. The Balaban J connectivity index is 2.26. The van der Waals surface area contributed by atoms with E-state index in [9.17, 15) is 4.79 Å². The van der Waals surface area contributed by atoms with Gasteiger partial charge < -0.3 is 9.80 Å². The van der Waals surface area contributed by atoms with Crippen LogP contribution in [-0.4, -0.2) is 36.1 Å². The number of hydrogen-bond acceptors (Lipinski definition) is 1. The van der Waals surface area contributed by atoms with Gasteiger partial charge in [-0.2, -0.15) is 0 Å². The molecular formula is C20H30N3O+. The molecule has 0 bridgehead atoms. The minimum Gasteiger partial charge on any atom is -0.321 e. The van der Waals surface area contributed by atoms with Crippen LogP contribution < -0.4 is 5.32 Å². The number of carbonyl (C=O) groups is 1. The summed E-state index contributed by atoms with van der Waals surface area (Å²) >= 11 is 0. The predicted octanol–water partition coefficient (Wildman–Crippen LogP) is 4.59. The Morgan fingerprint density at radius 2 is 1.79 bits per heavy atom. The van der Waals surface area contributed by atoms with E-state index in [0.29, 0.717) is 5.69 Å². The lowest BCUT2D eigenvalue weighted by molar-refractivity contribution is -0.945. The van der Waals surface area contributed by atoms with E-state index >= 15 is 0 Å². The van der Waals surface area contributed by atoms with Crippen molar-refractivity contribution in [2.75, 3.05) is 25.0 Å². The van der Waals surface area contributed by atoms with E-state index in [2.05, 4.69) is 24.0 Å². The molecular weight excluding hydrogens is 298 g/mol. The molecule has 1 aliphatic rings. The van der Waals surface area contributed by atoms with Gasteiger partial charge in [0, 0.05) is 12.1 Å². The monoisotopic (exact) mass is 328 g/mol. The second kappa shape index (κ2) is 7.81. The summed E-state index contributed by atoms with van der Waals surface area (Å²) in [6.07, 6.45) is 4.58. The molecule has 1 N–H and O–H groups in total. The van der Waals surface area contributed by atoms with Crippen molar-refractivity contribution in [3.05, 3.63) is 34.7 Å². The van der Waals surface area contributed by atoms with Crippen LogP contribution in [0, 0.1) is 20.4 Å². The number of likely N-dealkylation sites (N-methyl/N-ethyl adjacent to an activating group) is 1. The summed E-state index contributed by atoms with van der Waals surface area (Å²) in [6, 6.07) is 3.71. The molecule has 1 heterocycles. The molecule has 1 aromatic rings. The fourth-order valence-electron chi connectivity index (χ4n) is 4.22.